The molecule has 0 fully saturated rings. The van der Waals surface area contributed by atoms with E-state index in [9.17, 15) is 0 Å². The van der Waals surface area contributed by atoms with Crippen LogP contribution in [0, 0.1) is 13.8 Å². The Hall–Kier alpha value is -1.76. The van der Waals surface area contributed by atoms with E-state index in [1.54, 1.807) is 0 Å². The van der Waals surface area contributed by atoms with Crippen LogP contribution >= 0.6 is 0 Å². The van der Waals surface area contributed by atoms with E-state index in [-0.39, 0.29) is 0 Å². The second-order valence-corrected chi connectivity index (χ2v) is 5.30. The van der Waals surface area contributed by atoms with E-state index < -0.39 is 0 Å². The summed E-state index contributed by atoms with van der Waals surface area (Å²) in [4.78, 5) is 0. The summed E-state index contributed by atoms with van der Waals surface area (Å²) in [5, 5.41) is 3.56. The summed E-state index contributed by atoms with van der Waals surface area (Å²) in [6, 6.07) is 15.4. The van der Waals surface area contributed by atoms with E-state index in [4.69, 9.17) is 0 Å². The van der Waals surface area contributed by atoms with Gasteiger partial charge in [-0.25, -0.2) is 0 Å². The molecule has 1 heterocycles. The summed E-state index contributed by atoms with van der Waals surface area (Å²) in [6.07, 6.45) is 1.15. The summed E-state index contributed by atoms with van der Waals surface area (Å²) in [7, 11) is 0. The van der Waals surface area contributed by atoms with Crippen molar-refractivity contribution in [1.29, 1.82) is 0 Å². The maximum absolute atomic E-state index is 3.56. The summed E-state index contributed by atoms with van der Waals surface area (Å²) >= 11 is 0. The fourth-order valence-corrected chi connectivity index (χ4v) is 2.86. The summed E-state index contributed by atoms with van der Waals surface area (Å²) in [5.74, 6) is 0.597. The molecule has 0 saturated carbocycles. The van der Waals surface area contributed by atoms with Crippen molar-refractivity contribution in [3.05, 3.63) is 64.7 Å². The van der Waals surface area contributed by atoms with E-state index in [1.165, 1.54) is 27.9 Å². The minimum Gasteiger partial charge on any atom is -0.384 e. The third kappa shape index (κ3) is 2.01. The maximum atomic E-state index is 3.56. The average Bonchev–Trinajstić information content (AvgIpc) is 2.41. The molecule has 0 aromatic heterocycles. The van der Waals surface area contributed by atoms with Gasteiger partial charge in [0.25, 0.3) is 0 Å². The normalized spacial score (nSPS) is 18.0. The molecule has 92 valence electrons. The van der Waals surface area contributed by atoms with E-state index in [1.807, 2.05) is 0 Å². The molecule has 1 unspecified atom stereocenters. The SMILES string of the molecule is Cc1ccc(C)c(C2CNc3ccccc3C2)c1. The Balaban J connectivity index is 1.94. The molecule has 0 aliphatic carbocycles. The van der Waals surface area contributed by atoms with Gasteiger partial charge in [-0.3, -0.25) is 0 Å². The number of hydrogen-bond acceptors (Lipinski definition) is 1. The van der Waals surface area contributed by atoms with Crippen molar-refractivity contribution in [3.63, 3.8) is 0 Å². The van der Waals surface area contributed by atoms with Crippen molar-refractivity contribution in [2.75, 3.05) is 11.9 Å². The zero-order chi connectivity index (χ0) is 12.5. The topological polar surface area (TPSA) is 12.0 Å². The number of para-hydroxylation sites is 1. The number of benzene rings is 2. The van der Waals surface area contributed by atoms with Crippen LogP contribution in [0.3, 0.4) is 0 Å². The summed E-state index contributed by atoms with van der Waals surface area (Å²) in [5.41, 5.74) is 7.01. The van der Waals surface area contributed by atoms with Crippen molar-refractivity contribution < 1.29 is 0 Å². The van der Waals surface area contributed by atoms with Gasteiger partial charge in [-0.05, 0) is 43.0 Å². The van der Waals surface area contributed by atoms with E-state index in [0.29, 0.717) is 5.92 Å². The minimum atomic E-state index is 0.597. The first kappa shape index (κ1) is 11.3. The predicted molar refractivity (Wildman–Crippen MR) is 77.3 cm³/mol. The molecule has 3 rings (SSSR count). The predicted octanol–water partition coefficient (Wildman–Crippen LogP) is 4.06. The van der Waals surface area contributed by atoms with Gasteiger partial charge < -0.3 is 5.32 Å². The Labute approximate surface area is 109 Å². The molecule has 0 spiro atoms. The smallest absolute Gasteiger partial charge is 0.0373 e. The van der Waals surface area contributed by atoms with E-state index in [0.717, 1.165) is 13.0 Å². The lowest BCUT2D eigenvalue weighted by molar-refractivity contribution is 0.690. The fourth-order valence-electron chi connectivity index (χ4n) is 2.86. The highest BCUT2D eigenvalue weighted by Crippen LogP contribution is 2.32. The third-order valence-electron chi connectivity index (χ3n) is 3.90. The van der Waals surface area contributed by atoms with Crippen molar-refractivity contribution in [2.45, 2.75) is 26.2 Å². The molecule has 2 aromatic carbocycles. The lowest BCUT2D eigenvalue weighted by atomic mass is 9.85. The number of fused-ring (bicyclic) bond motifs is 1. The van der Waals surface area contributed by atoms with E-state index in [2.05, 4.69) is 61.6 Å². The first-order chi connectivity index (χ1) is 8.74. The molecule has 0 radical (unpaired) electrons. The molecule has 1 aliphatic heterocycles. The monoisotopic (exact) mass is 237 g/mol. The fraction of sp³-hybridized carbons (Fsp3) is 0.294. The molecule has 18 heavy (non-hydrogen) atoms. The lowest BCUT2D eigenvalue weighted by Gasteiger charge is -2.27. The molecule has 2 aromatic rings. The highest BCUT2D eigenvalue weighted by atomic mass is 14.9. The van der Waals surface area contributed by atoms with Gasteiger partial charge in [-0.1, -0.05) is 42.0 Å². The van der Waals surface area contributed by atoms with Gasteiger partial charge in [-0.2, -0.15) is 0 Å². The molecule has 1 N–H and O–H groups in total. The molecule has 1 heteroatoms. The average molecular weight is 237 g/mol. The maximum Gasteiger partial charge on any atom is 0.0373 e. The number of rotatable bonds is 1. The Morgan fingerprint density at radius 1 is 1.06 bits per heavy atom. The largest absolute Gasteiger partial charge is 0.384 e. The summed E-state index contributed by atoms with van der Waals surface area (Å²) in [6.45, 7) is 5.43. The second-order valence-electron chi connectivity index (χ2n) is 5.30. The zero-order valence-corrected chi connectivity index (χ0v) is 11.0. The number of anilines is 1. The molecule has 1 atom stereocenters. The Kier molecular flexibility index (Phi) is 2.83. The van der Waals surface area contributed by atoms with Crippen LogP contribution in [0.1, 0.15) is 28.2 Å². The number of aryl methyl sites for hydroxylation is 2. The minimum absolute atomic E-state index is 0.597. The molecule has 1 nitrogen and oxygen atoms in total. The van der Waals surface area contributed by atoms with Crippen LogP contribution in [0.4, 0.5) is 5.69 Å². The molecule has 0 saturated heterocycles. The van der Waals surface area contributed by atoms with Crippen LogP contribution in [-0.2, 0) is 6.42 Å². The van der Waals surface area contributed by atoms with Crippen molar-refractivity contribution in [2.24, 2.45) is 0 Å². The number of hydrogen-bond donors (Lipinski definition) is 1. The Morgan fingerprint density at radius 2 is 1.89 bits per heavy atom. The van der Waals surface area contributed by atoms with Crippen LogP contribution in [0.15, 0.2) is 42.5 Å². The Bertz CT molecular complexity index is 572. The van der Waals surface area contributed by atoms with Crippen LogP contribution < -0.4 is 5.32 Å². The highest BCUT2D eigenvalue weighted by Gasteiger charge is 2.20. The van der Waals surface area contributed by atoms with Crippen molar-refractivity contribution >= 4 is 5.69 Å². The molecule has 0 bridgehead atoms. The van der Waals surface area contributed by atoms with Crippen LogP contribution in [0.2, 0.25) is 0 Å². The standard InChI is InChI=1S/C17H19N/c1-12-7-8-13(2)16(9-12)15-10-14-5-3-4-6-17(14)18-11-15/h3-9,15,18H,10-11H2,1-2H3. The van der Waals surface area contributed by atoms with Crippen LogP contribution in [0.5, 0.6) is 0 Å². The molecular formula is C17H19N. The van der Waals surface area contributed by atoms with Gasteiger partial charge in [0, 0.05) is 18.2 Å². The van der Waals surface area contributed by atoms with Gasteiger partial charge in [-0.15, -0.1) is 0 Å². The zero-order valence-electron chi connectivity index (χ0n) is 11.0. The molecule has 1 aliphatic rings. The Morgan fingerprint density at radius 3 is 2.78 bits per heavy atom. The molecular weight excluding hydrogens is 218 g/mol. The van der Waals surface area contributed by atoms with Gasteiger partial charge in [0.2, 0.25) is 0 Å². The molecule has 0 amide bonds. The first-order valence-electron chi connectivity index (χ1n) is 6.63. The lowest BCUT2D eigenvalue weighted by Crippen LogP contribution is -2.22. The van der Waals surface area contributed by atoms with Gasteiger partial charge in [0.15, 0.2) is 0 Å². The highest BCUT2D eigenvalue weighted by molar-refractivity contribution is 5.55. The van der Waals surface area contributed by atoms with Crippen molar-refractivity contribution in [3.8, 4) is 0 Å². The van der Waals surface area contributed by atoms with Gasteiger partial charge in [0.05, 0.1) is 0 Å². The van der Waals surface area contributed by atoms with Crippen molar-refractivity contribution in [1.82, 2.24) is 0 Å². The quantitative estimate of drug-likeness (QED) is 0.788. The third-order valence-corrected chi connectivity index (χ3v) is 3.90. The first-order valence-corrected chi connectivity index (χ1v) is 6.63. The summed E-state index contributed by atoms with van der Waals surface area (Å²) < 4.78 is 0. The number of nitrogens with one attached hydrogen (secondary N) is 1. The van der Waals surface area contributed by atoms with Crippen LogP contribution in [0.25, 0.3) is 0 Å². The van der Waals surface area contributed by atoms with Gasteiger partial charge in [0.1, 0.15) is 0 Å². The second kappa shape index (κ2) is 4.49. The van der Waals surface area contributed by atoms with E-state index >= 15 is 0 Å². The van der Waals surface area contributed by atoms with Crippen LogP contribution in [-0.4, -0.2) is 6.54 Å². The van der Waals surface area contributed by atoms with Gasteiger partial charge >= 0.3 is 0 Å².